The first-order chi connectivity index (χ1) is 18.5. The molecule has 0 radical (unpaired) electrons. The van der Waals surface area contributed by atoms with Gasteiger partial charge in [0.05, 0.1) is 5.88 Å². The van der Waals surface area contributed by atoms with Gasteiger partial charge in [0.2, 0.25) is 11.0 Å². The molecule has 216 valence electrons. The van der Waals surface area contributed by atoms with Gasteiger partial charge in [0, 0.05) is 11.1 Å². The first-order valence-corrected chi connectivity index (χ1v) is 14.1. The van der Waals surface area contributed by atoms with Crippen LogP contribution in [-0.4, -0.2) is 81.2 Å². The molecule has 2 unspecified atom stereocenters. The molecule has 2 heterocycles. The maximum atomic E-state index is 14.4. The summed E-state index contributed by atoms with van der Waals surface area (Å²) in [6, 6.07) is 2.58. The van der Waals surface area contributed by atoms with Gasteiger partial charge in [0.15, 0.2) is 11.8 Å². The molecule has 0 aromatic heterocycles. The number of ether oxygens (including phenoxy) is 1. The molecule has 0 saturated carbocycles. The van der Waals surface area contributed by atoms with Crippen molar-refractivity contribution >= 4 is 60.3 Å². The number of amides is 2. The van der Waals surface area contributed by atoms with Crippen molar-refractivity contribution < 1.29 is 42.4 Å². The van der Waals surface area contributed by atoms with Crippen LogP contribution in [-0.2, 0) is 44.6 Å². The smallest absolute Gasteiger partial charge is 0.353 e. The highest BCUT2D eigenvalue weighted by molar-refractivity contribution is 7.92. The fourth-order valence-electron chi connectivity index (χ4n) is 3.81. The molecular weight excluding hydrogens is 568 g/mol. The Kier molecular flexibility index (Phi) is 9.27. The molecule has 15 heteroatoms. The number of oxime groups is 1. The standard InChI is InChI=1S/C25H30BClFN3O8S/c1-12-7-8-13(9-15(12)28)16(30-39-25(5,6)23(35)37-24(2,3)4)19(32)29-17-20(33)31-18(22(34)38-26)14(10-27)11-40(36)21(17)31/h7-9,17,21H,10-11,26H2,1-6H3,(H,29,32)/b30-16-/t17?,21-,40?/m1/s1. The van der Waals surface area contributed by atoms with Crippen molar-refractivity contribution in [2.24, 2.45) is 5.16 Å². The van der Waals surface area contributed by atoms with Gasteiger partial charge in [-0.1, -0.05) is 17.3 Å². The summed E-state index contributed by atoms with van der Waals surface area (Å²) < 4.78 is 37.5. The van der Waals surface area contributed by atoms with Crippen LogP contribution in [0.25, 0.3) is 0 Å². The number of β-lactam (4-membered cyclic amide) rings is 1. The zero-order valence-corrected chi connectivity index (χ0v) is 24.7. The lowest BCUT2D eigenvalue weighted by atomic mass is 10.0. The largest absolute Gasteiger partial charge is 0.614 e. The fraction of sp³-hybridized carbons (Fsp3) is 0.480. The number of aryl methyl sites for hydroxylation is 1. The van der Waals surface area contributed by atoms with Crippen molar-refractivity contribution in [1.29, 1.82) is 0 Å². The van der Waals surface area contributed by atoms with E-state index in [-0.39, 0.29) is 28.5 Å². The summed E-state index contributed by atoms with van der Waals surface area (Å²) in [7, 11) is 1.13. The van der Waals surface area contributed by atoms with Crippen LogP contribution in [0.3, 0.4) is 0 Å². The summed E-state index contributed by atoms with van der Waals surface area (Å²) in [6.45, 7) is 9.29. The second-order valence-electron chi connectivity index (χ2n) is 10.7. The molecule has 0 bridgehead atoms. The average molecular weight is 598 g/mol. The van der Waals surface area contributed by atoms with Crippen LogP contribution < -0.4 is 5.32 Å². The number of hydrogen-bond acceptors (Lipinski definition) is 9. The lowest BCUT2D eigenvalue weighted by Gasteiger charge is -2.49. The van der Waals surface area contributed by atoms with Gasteiger partial charge in [-0.05, 0) is 64.3 Å². The number of fused-ring (bicyclic) bond motifs is 1. The Balaban J connectivity index is 1.92. The summed E-state index contributed by atoms with van der Waals surface area (Å²) in [5.74, 6) is -4.17. The van der Waals surface area contributed by atoms with Crippen molar-refractivity contribution in [3.63, 3.8) is 0 Å². The van der Waals surface area contributed by atoms with E-state index in [9.17, 15) is 28.1 Å². The maximum absolute atomic E-state index is 14.4. The number of hydrogen-bond donors (Lipinski definition) is 1. The Labute approximate surface area is 240 Å². The van der Waals surface area contributed by atoms with Crippen LogP contribution in [0.15, 0.2) is 34.6 Å². The minimum atomic E-state index is -1.71. The number of benzene rings is 1. The Morgan fingerprint density at radius 1 is 1.27 bits per heavy atom. The molecular formula is C25H30BClFN3O8S. The number of nitrogens with one attached hydrogen (secondary N) is 1. The van der Waals surface area contributed by atoms with Gasteiger partial charge in [0.1, 0.15) is 22.9 Å². The Morgan fingerprint density at radius 2 is 1.93 bits per heavy atom. The molecule has 0 aliphatic carbocycles. The molecule has 2 aliphatic heterocycles. The van der Waals surface area contributed by atoms with Gasteiger partial charge in [-0.15, -0.1) is 11.6 Å². The summed E-state index contributed by atoms with van der Waals surface area (Å²) in [5.41, 5.74) is -2.46. The number of carbonyl (C=O) groups excluding carboxylic acids is 4. The van der Waals surface area contributed by atoms with Gasteiger partial charge in [-0.2, -0.15) is 0 Å². The van der Waals surface area contributed by atoms with E-state index in [2.05, 4.69) is 10.5 Å². The molecule has 3 rings (SSSR count). The van der Waals surface area contributed by atoms with E-state index in [1.54, 1.807) is 20.8 Å². The SMILES string of the molecule is BOC(=O)C1=C(CCl)C[S+]([O-])[C@@H]2C(NC(=O)/C(=N\OC(C)(C)C(=O)OC(C)(C)C)c3ccc(C)c(F)c3)C(=O)N12. The number of halogens is 2. The van der Waals surface area contributed by atoms with Gasteiger partial charge >= 0.3 is 20.0 Å². The number of alkyl halides is 1. The first-order valence-electron chi connectivity index (χ1n) is 12.2. The predicted octanol–water partition coefficient (Wildman–Crippen LogP) is 0.975. The summed E-state index contributed by atoms with van der Waals surface area (Å²) in [6.07, 6.45) is 0. The summed E-state index contributed by atoms with van der Waals surface area (Å²) >= 11 is 4.19. The van der Waals surface area contributed by atoms with Gasteiger partial charge < -0.3 is 24.1 Å². The summed E-state index contributed by atoms with van der Waals surface area (Å²) in [5, 5.41) is 5.25. The van der Waals surface area contributed by atoms with Crippen LogP contribution in [0.4, 0.5) is 4.39 Å². The average Bonchev–Trinajstić information content (AvgIpc) is 2.87. The number of esters is 1. The Bertz CT molecular complexity index is 1300. The molecule has 1 aromatic rings. The van der Waals surface area contributed by atoms with Gasteiger partial charge in [-0.25, -0.2) is 14.0 Å². The van der Waals surface area contributed by atoms with E-state index in [0.717, 1.165) is 19.0 Å². The normalized spacial score (nSPS) is 21.3. The van der Waals surface area contributed by atoms with Crippen LogP contribution >= 0.6 is 11.6 Å². The quantitative estimate of drug-likeness (QED) is 0.0887. The van der Waals surface area contributed by atoms with Crippen molar-refractivity contribution in [3.05, 3.63) is 46.4 Å². The zero-order chi connectivity index (χ0) is 30.2. The van der Waals surface area contributed by atoms with Crippen molar-refractivity contribution in [1.82, 2.24) is 10.2 Å². The fourth-order valence-corrected chi connectivity index (χ4v) is 5.83. The molecule has 0 spiro atoms. The topological polar surface area (TPSA) is 147 Å². The Morgan fingerprint density at radius 3 is 2.48 bits per heavy atom. The highest BCUT2D eigenvalue weighted by Crippen LogP contribution is 2.37. The van der Waals surface area contributed by atoms with Crippen LogP contribution in [0, 0.1) is 12.7 Å². The van der Waals surface area contributed by atoms with E-state index < -0.39 is 69.1 Å². The van der Waals surface area contributed by atoms with Crippen LogP contribution in [0.1, 0.15) is 45.7 Å². The third-order valence-electron chi connectivity index (χ3n) is 5.95. The van der Waals surface area contributed by atoms with Crippen molar-refractivity contribution in [2.45, 2.75) is 64.2 Å². The Hall–Kier alpha value is -3.10. The number of carbonyl (C=O) groups is 4. The monoisotopic (exact) mass is 597 g/mol. The first kappa shape index (κ1) is 31.4. The predicted molar refractivity (Wildman–Crippen MR) is 147 cm³/mol. The lowest BCUT2D eigenvalue weighted by molar-refractivity contribution is -0.179. The summed E-state index contributed by atoms with van der Waals surface area (Å²) in [4.78, 5) is 57.9. The second-order valence-corrected chi connectivity index (χ2v) is 12.5. The van der Waals surface area contributed by atoms with E-state index >= 15 is 0 Å². The zero-order valence-electron chi connectivity index (χ0n) is 23.1. The maximum Gasteiger partial charge on any atom is 0.353 e. The van der Waals surface area contributed by atoms with Crippen molar-refractivity contribution in [3.8, 4) is 0 Å². The second kappa shape index (κ2) is 11.8. The number of nitrogens with zero attached hydrogens (tertiary/aromatic N) is 2. The molecule has 11 nitrogen and oxygen atoms in total. The molecule has 40 heavy (non-hydrogen) atoms. The molecule has 2 amide bonds. The molecule has 1 N–H and O–H groups in total. The molecule has 1 fully saturated rings. The van der Waals surface area contributed by atoms with Crippen molar-refractivity contribution in [2.75, 3.05) is 11.6 Å². The van der Waals surface area contributed by atoms with E-state index in [0.29, 0.717) is 5.56 Å². The molecule has 3 atom stereocenters. The third kappa shape index (κ3) is 6.44. The minimum absolute atomic E-state index is 0.00597. The third-order valence-corrected chi connectivity index (χ3v) is 7.92. The van der Waals surface area contributed by atoms with Crippen LogP contribution in [0.2, 0.25) is 0 Å². The lowest BCUT2D eigenvalue weighted by Crippen LogP contribution is -2.75. The highest BCUT2D eigenvalue weighted by atomic mass is 35.5. The van der Waals surface area contributed by atoms with E-state index in [1.807, 2.05) is 0 Å². The molecule has 2 aliphatic rings. The minimum Gasteiger partial charge on any atom is -0.614 e. The van der Waals surface area contributed by atoms with E-state index in [1.165, 1.54) is 32.9 Å². The van der Waals surface area contributed by atoms with Gasteiger partial charge in [-0.3, -0.25) is 14.5 Å². The van der Waals surface area contributed by atoms with E-state index in [4.69, 9.17) is 25.8 Å². The van der Waals surface area contributed by atoms with Crippen LogP contribution in [0.5, 0.6) is 0 Å². The molecule has 1 saturated heterocycles. The number of rotatable bonds is 8. The highest BCUT2D eigenvalue weighted by Gasteiger charge is 2.61. The molecule has 1 aromatic carbocycles. The van der Waals surface area contributed by atoms with Gasteiger partial charge in [0.25, 0.3) is 11.8 Å².